The molecule has 3 nitrogen and oxygen atoms in total. The van der Waals surface area contributed by atoms with Crippen molar-refractivity contribution in [1.29, 1.82) is 0 Å². The van der Waals surface area contributed by atoms with Gasteiger partial charge in [0.05, 0.1) is 6.04 Å². The zero-order valence-electron chi connectivity index (χ0n) is 8.58. The number of carbonyl (C=O) groups excluding carboxylic acids is 1. The van der Waals surface area contributed by atoms with Crippen molar-refractivity contribution < 1.29 is 4.79 Å². The second kappa shape index (κ2) is 4.53. The molecule has 0 aromatic rings. The van der Waals surface area contributed by atoms with Crippen molar-refractivity contribution in [1.82, 2.24) is 10.6 Å². The number of thioether (sulfide) groups is 1. The van der Waals surface area contributed by atoms with Gasteiger partial charge in [-0.05, 0) is 25.8 Å². The van der Waals surface area contributed by atoms with Gasteiger partial charge in [-0.2, -0.15) is 11.8 Å². The van der Waals surface area contributed by atoms with E-state index in [4.69, 9.17) is 0 Å². The lowest BCUT2D eigenvalue weighted by molar-refractivity contribution is -0.123. The molecule has 2 aliphatic heterocycles. The zero-order chi connectivity index (χ0) is 9.97. The van der Waals surface area contributed by atoms with Gasteiger partial charge >= 0.3 is 0 Å². The number of rotatable bonds is 2. The van der Waals surface area contributed by atoms with Crippen molar-refractivity contribution in [3.63, 3.8) is 0 Å². The van der Waals surface area contributed by atoms with Gasteiger partial charge in [0.1, 0.15) is 0 Å². The lowest BCUT2D eigenvalue weighted by Crippen LogP contribution is -2.45. The Labute approximate surface area is 89.4 Å². The fourth-order valence-corrected chi connectivity index (χ4v) is 3.28. The molecule has 2 fully saturated rings. The maximum Gasteiger partial charge on any atom is 0.237 e. The zero-order valence-corrected chi connectivity index (χ0v) is 9.40. The summed E-state index contributed by atoms with van der Waals surface area (Å²) in [6.07, 6.45) is 3.26. The Morgan fingerprint density at radius 1 is 1.57 bits per heavy atom. The first-order chi connectivity index (χ1) is 6.75. The Morgan fingerprint density at radius 2 is 2.43 bits per heavy atom. The minimum absolute atomic E-state index is 0.0795. The van der Waals surface area contributed by atoms with Gasteiger partial charge in [-0.1, -0.05) is 6.92 Å². The van der Waals surface area contributed by atoms with Crippen molar-refractivity contribution in [2.45, 2.75) is 43.5 Å². The fourth-order valence-electron chi connectivity index (χ4n) is 2.13. The predicted molar refractivity (Wildman–Crippen MR) is 59.5 cm³/mol. The summed E-state index contributed by atoms with van der Waals surface area (Å²) < 4.78 is 0. The van der Waals surface area contributed by atoms with Gasteiger partial charge in [0.25, 0.3) is 0 Å². The van der Waals surface area contributed by atoms with E-state index in [0.717, 1.165) is 31.6 Å². The van der Waals surface area contributed by atoms with Crippen LogP contribution in [-0.4, -0.2) is 35.5 Å². The average molecular weight is 214 g/mol. The van der Waals surface area contributed by atoms with Crippen LogP contribution >= 0.6 is 11.8 Å². The SMILES string of the molecule is CC1CC(NC(=O)[C@@H]2CCCN2)CS1. The maximum absolute atomic E-state index is 11.7. The lowest BCUT2D eigenvalue weighted by atomic mass is 10.1. The predicted octanol–water partition coefficient (Wildman–Crippen LogP) is 0.749. The number of amides is 1. The Bertz CT molecular complexity index is 216. The van der Waals surface area contributed by atoms with Gasteiger partial charge in [0.2, 0.25) is 5.91 Å². The van der Waals surface area contributed by atoms with E-state index in [1.807, 2.05) is 11.8 Å². The van der Waals surface area contributed by atoms with Gasteiger partial charge in [0, 0.05) is 17.0 Å². The fraction of sp³-hybridized carbons (Fsp3) is 0.900. The number of hydrogen-bond donors (Lipinski definition) is 2. The second-order valence-corrected chi connectivity index (χ2v) is 5.71. The van der Waals surface area contributed by atoms with Crippen molar-refractivity contribution in [3.05, 3.63) is 0 Å². The van der Waals surface area contributed by atoms with Gasteiger partial charge in [0.15, 0.2) is 0 Å². The third-order valence-electron chi connectivity index (χ3n) is 2.92. The summed E-state index contributed by atoms with van der Waals surface area (Å²) in [6.45, 7) is 3.22. The van der Waals surface area contributed by atoms with E-state index in [1.165, 1.54) is 0 Å². The summed E-state index contributed by atoms with van der Waals surface area (Å²) >= 11 is 1.95. The van der Waals surface area contributed by atoms with Gasteiger partial charge in [-0.25, -0.2) is 0 Å². The van der Waals surface area contributed by atoms with E-state index in [0.29, 0.717) is 11.3 Å². The summed E-state index contributed by atoms with van der Waals surface area (Å²) in [6, 6.07) is 0.487. The maximum atomic E-state index is 11.7. The molecule has 0 aromatic heterocycles. The molecule has 3 atom stereocenters. The second-order valence-electron chi connectivity index (χ2n) is 4.23. The smallest absolute Gasteiger partial charge is 0.237 e. The third-order valence-corrected chi connectivity index (χ3v) is 4.28. The number of hydrogen-bond acceptors (Lipinski definition) is 3. The van der Waals surface area contributed by atoms with Gasteiger partial charge < -0.3 is 10.6 Å². The molecule has 2 unspecified atom stereocenters. The first-order valence-electron chi connectivity index (χ1n) is 5.41. The quantitative estimate of drug-likeness (QED) is 0.712. The van der Waals surface area contributed by atoms with Crippen molar-refractivity contribution in [2.75, 3.05) is 12.3 Å². The van der Waals surface area contributed by atoms with E-state index in [9.17, 15) is 4.79 Å². The Balaban J connectivity index is 1.76. The Hall–Kier alpha value is -0.220. The van der Waals surface area contributed by atoms with Crippen LogP contribution in [0, 0.1) is 0 Å². The van der Waals surface area contributed by atoms with Crippen molar-refractivity contribution in [3.8, 4) is 0 Å². The van der Waals surface area contributed by atoms with Crippen LogP contribution in [0.3, 0.4) is 0 Å². The molecular weight excluding hydrogens is 196 g/mol. The average Bonchev–Trinajstić information content (AvgIpc) is 2.75. The molecule has 0 saturated carbocycles. The monoisotopic (exact) mass is 214 g/mol. The molecule has 2 heterocycles. The van der Waals surface area contributed by atoms with Crippen LogP contribution in [0.5, 0.6) is 0 Å². The molecule has 80 valence electrons. The van der Waals surface area contributed by atoms with Gasteiger partial charge in [-0.15, -0.1) is 0 Å². The van der Waals surface area contributed by atoms with Gasteiger partial charge in [-0.3, -0.25) is 4.79 Å². The van der Waals surface area contributed by atoms with Crippen molar-refractivity contribution in [2.24, 2.45) is 0 Å². The Kier molecular flexibility index (Phi) is 3.34. The highest BCUT2D eigenvalue weighted by molar-refractivity contribution is 8.00. The van der Waals surface area contributed by atoms with E-state index in [-0.39, 0.29) is 11.9 Å². The van der Waals surface area contributed by atoms with Crippen LogP contribution < -0.4 is 10.6 Å². The normalized spacial score (nSPS) is 37.4. The van der Waals surface area contributed by atoms with Crippen molar-refractivity contribution >= 4 is 17.7 Å². The summed E-state index contributed by atoms with van der Waals surface area (Å²) in [5, 5.41) is 7.06. The van der Waals surface area contributed by atoms with Crippen LogP contribution in [0.1, 0.15) is 26.2 Å². The highest BCUT2D eigenvalue weighted by Crippen LogP contribution is 2.26. The van der Waals surface area contributed by atoms with Crippen LogP contribution in [0.15, 0.2) is 0 Å². The molecule has 1 amide bonds. The molecule has 0 bridgehead atoms. The molecule has 4 heteroatoms. The van der Waals surface area contributed by atoms with Crippen LogP contribution in [-0.2, 0) is 4.79 Å². The standard InChI is InChI=1S/C10H18N2OS/c1-7-5-8(6-14-7)12-10(13)9-3-2-4-11-9/h7-9,11H,2-6H2,1H3,(H,12,13)/t7?,8?,9-/m0/s1. The highest BCUT2D eigenvalue weighted by atomic mass is 32.2. The lowest BCUT2D eigenvalue weighted by Gasteiger charge is -2.15. The van der Waals surface area contributed by atoms with E-state index in [1.54, 1.807) is 0 Å². The van der Waals surface area contributed by atoms with E-state index in [2.05, 4.69) is 17.6 Å². The van der Waals surface area contributed by atoms with Crippen LogP contribution in [0.25, 0.3) is 0 Å². The number of nitrogens with one attached hydrogen (secondary N) is 2. The molecule has 0 aromatic carbocycles. The molecule has 0 aliphatic carbocycles. The molecule has 0 radical (unpaired) electrons. The van der Waals surface area contributed by atoms with E-state index >= 15 is 0 Å². The molecule has 2 rings (SSSR count). The van der Waals surface area contributed by atoms with Crippen LogP contribution in [0.2, 0.25) is 0 Å². The summed E-state index contributed by atoms with van der Waals surface area (Å²) in [4.78, 5) is 11.7. The topological polar surface area (TPSA) is 41.1 Å². The summed E-state index contributed by atoms with van der Waals surface area (Å²) in [5.74, 6) is 1.29. The first-order valence-corrected chi connectivity index (χ1v) is 6.46. The largest absolute Gasteiger partial charge is 0.351 e. The summed E-state index contributed by atoms with van der Waals surface area (Å²) in [5.41, 5.74) is 0. The highest BCUT2D eigenvalue weighted by Gasteiger charge is 2.27. The molecule has 14 heavy (non-hydrogen) atoms. The molecule has 2 saturated heterocycles. The minimum atomic E-state index is 0.0795. The molecule has 2 aliphatic rings. The summed E-state index contributed by atoms with van der Waals surface area (Å²) in [7, 11) is 0. The Morgan fingerprint density at radius 3 is 3.00 bits per heavy atom. The molecule has 0 spiro atoms. The van der Waals surface area contributed by atoms with E-state index < -0.39 is 0 Å². The third kappa shape index (κ3) is 2.42. The molecule has 2 N–H and O–H groups in total. The minimum Gasteiger partial charge on any atom is -0.351 e. The van der Waals surface area contributed by atoms with Crippen LogP contribution in [0.4, 0.5) is 0 Å². The first kappa shape index (κ1) is 10.3. The molecular formula is C10H18N2OS. The number of carbonyl (C=O) groups is 1.